The average Bonchev–Trinajstić information content (AvgIpc) is 3.00. The van der Waals surface area contributed by atoms with E-state index in [1.54, 1.807) is 21.5 Å². The van der Waals surface area contributed by atoms with Crippen molar-refractivity contribution in [1.29, 1.82) is 0 Å². The van der Waals surface area contributed by atoms with Crippen LogP contribution in [0.3, 0.4) is 0 Å². The Labute approximate surface area is 143 Å². The van der Waals surface area contributed by atoms with Crippen LogP contribution in [0.1, 0.15) is 31.8 Å². The van der Waals surface area contributed by atoms with E-state index >= 15 is 0 Å². The van der Waals surface area contributed by atoms with Crippen molar-refractivity contribution in [3.05, 3.63) is 63.5 Å². The van der Waals surface area contributed by atoms with Crippen LogP contribution < -0.4 is 11.4 Å². The smallest absolute Gasteiger partial charge is 0.299 e. The first kappa shape index (κ1) is 13.6. The van der Waals surface area contributed by atoms with E-state index in [0.717, 1.165) is 6.42 Å². The lowest BCUT2D eigenvalue weighted by Crippen LogP contribution is -2.44. The van der Waals surface area contributed by atoms with Crippen LogP contribution in [-0.2, 0) is 4.79 Å². The molecule has 2 bridgehead atoms. The van der Waals surface area contributed by atoms with Crippen LogP contribution in [0.2, 0.25) is 0 Å². The number of carbonyl (C=O) groups is 1. The third-order valence-corrected chi connectivity index (χ3v) is 7.33. The lowest BCUT2D eigenvalue weighted by molar-refractivity contribution is -0.123. The minimum absolute atomic E-state index is 0.139. The molecule has 25 heavy (non-hydrogen) atoms. The van der Waals surface area contributed by atoms with Crippen LogP contribution in [0.5, 0.6) is 0 Å². The van der Waals surface area contributed by atoms with Gasteiger partial charge in [-0.15, -0.1) is 0 Å². The topological polar surface area (TPSA) is 66.0 Å². The Kier molecular flexibility index (Phi) is 2.07. The van der Waals surface area contributed by atoms with Gasteiger partial charge in [-0.3, -0.25) is 4.79 Å². The fourth-order valence-electron chi connectivity index (χ4n) is 6.29. The van der Waals surface area contributed by atoms with E-state index in [4.69, 9.17) is 0 Å². The van der Waals surface area contributed by atoms with Gasteiger partial charge >= 0.3 is 11.4 Å². The Morgan fingerprint density at radius 2 is 1.72 bits per heavy atom. The summed E-state index contributed by atoms with van der Waals surface area (Å²) in [5, 5.41) is 0. The van der Waals surface area contributed by atoms with Crippen molar-refractivity contribution in [2.45, 2.75) is 31.8 Å². The summed E-state index contributed by atoms with van der Waals surface area (Å²) >= 11 is 0. The molecule has 0 N–H and O–H groups in total. The predicted molar refractivity (Wildman–Crippen MR) is 89.8 cm³/mol. The van der Waals surface area contributed by atoms with Gasteiger partial charge in [0.15, 0.2) is 0 Å². The zero-order valence-electron chi connectivity index (χ0n) is 13.8. The Balaban J connectivity index is 1.64. The SMILES string of the molecule is C[C@@]12C(=O)CCC13C1C=CC([C@H]32)n2c(=O)n(-c3ccccc3)c(=O)n21. The molecule has 3 unspecified atom stereocenters. The van der Waals surface area contributed by atoms with E-state index in [0.29, 0.717) is 17.9 Å². The molecule has 2 saturated carbocycles. The van der Waals surface area contributed by atoms with Crippen molar-refractivity contribution in [2.75, 3.05) is 0 Å². The van der Waals surface area contributed by atoms with E-state index in [9.17, 15) is 14.4 Å². The second-order valence-electron chi connectivity index (χ2n) is 7.89. The van der Waals surface area contributed by atoms with Crippen molar-refractivity contribution in [3.63, 3.8) is 0 Å². The molecular formula is C19H17N3O3. The summed E-state index contributed by atoms with van der Waals surface area (Å²) in [6.07, 6.45) is 5.47. The van der Waals surface area contributed by atoms with Crippen molar-refractivity contribution in [3.8, 4) is 5.69 Å². The normalized spacial score (nSPS) is 39.2. The molecule has 2 fully saturated rings. The summed E-state index contributed by atoms with van der Waals surface area (Å²) in [7, 11) is 0. The summed E-state index contributed by atoms with van der Waals surface area (Å²) in [4.78, 5) is 38.8. The molecule has 1 aromatic carbocycles. The molecule has 0 amide bonds. The number of benzene rings is 1. The number of para-hydroxylation sites is 1. The maximum atomic E-state index is 13.1. The van der Waals surface area contributed by atoms with Gasteiger partial charge in [-0.2, -0.15) is 0 Å². The Hall–Kier alpha value is -2.63. The number of hydrogen-bond acceptors (Lipinski definition) is 3. The third-order valence-electron chi connectivity index (χ3n) is 7.33. The summed E-state index contributed by atoms with van der Waals surface area (Å²) in [5.74, 6) is 0.429. The van der Waals surface area contributed by atoms with Crippen LogP contribution in [-0.4, -0.2) is 19.7 Å². The Morgan fingerprint density at radius 3 is 2.48 bits per heavy atom. The Morgan fingerprint density at radius 1 is 1.00 bits per heavy atom. The first-order valence-electron chi connectivity index (χ1n) is 8.76. The Bertz CT molecular complexity index is 1110. The second-order valence-corrected chi connectivity index (χ2v) is 7.89. The highest BCUT2D eigenvalue weighted by atomic mass is 16.2. The number of Topliss-reactive ketones (excluding diaryl/α,β-unsaturated/α-hetero) is 1. The molecule has 126 valence electrons. The zero-order chi connectivity index (χ0) is 17.1. The highest BCUT2D eigenvalue weighted by molar-refractivity contribution is 5.93. The molecule has 5 atom stereocenters. The number of allylic oxidation sites excluding steroid dienone is 2. The highest BCUT2D eigenvalue weighted by Gasteiger charge is 2.86. The van der Waals surface area contributed by atoms with Crippen LogP contribution in [0.4, 0.5) is 0 Å². The fourth-order valence-corrected chi connectivity index (χ4v) is 6.29. The molecule has 2 aliphatic heterocycles. The van der Waals surface area contributed by atoms with Crippen LogP contribution >= 0.6 is 0 Å². The lowest BCUT2D eigenvalue weighted by Gasteiger charge is -2.38. The first-order valence-corrected chi connectivity index (χ1v) is 8.76. The number of hydrogen-bond donors (Lipinski definition) is 0. The van der Waals surface area contributed by atoms with Gasteiger partial charge in [-0.25, -0.2) is 23.5 Å². The third kappa shape index (κ3) is 1.15. The minimum Gasteiger partial charge on any atom is -0.299 e. The van der Waals surface area contributed by atoms with Crippen molar-refractivity contribution in [2.24, 2.45) is 16.7 Å². The van der Waals surface area contributed by atoms with Gasteiger partial charge < -0.3 is 0 Å². The average molecular weight is 335 g/mol. The van der Waals surface area contributed by atoms with Crippen molar-refractivity contribution < 1.29 is 4.79 Å². The van der Waals surface area contributed by atoms with Gasteiger partial charge in [0.25, 0.3) is 0 Å². The number of carbonyl (C=O) groups excluding carboxylic acids is 1. The predicted octanol–water partition coefficient (Wildman–Crippen LogP) is 1.45. The molecule has 1 spiro atoms. The molecule has 3 aliphatic carbocycles. The molecule has 5 aliphatic rings. The molecule has 7 rings (SSSR count). The molecule has 6 heteroatoms. The van der Waals surface area contributed by atoms with Gasteiger partial charge in [-0.05, 0) is 18.6 Å². The van der Waals surface area contributed by atoms with E-state index in [2.05, 4.69) is 0 Å². The summed E-state index contributed by atoms with van der Waals surface area (Å²) < 4.78 is 4.45. The van der Waals surface area contributed by atoms with Gasteiger partial charge in [0.2, 0.25) is 0 Å². The van der Waals surface area contributed by atoms with E-state index in [1.807, 2.05) is 37.3 Å². The van der Waals surface area contributed by atoms with Crippen LogP contribution in [0, 0.1) is 16.7 Å². The van der Waals surface area contributed by atoms with Gasteiger partial charge in [0, 0.05) is 23.2 Å². The molecule has 6 nitrogen and oxygen atoms in total. The minimum atomic E-state index is -0.395. The molecule has 2 aromatic rings. The highest BCUT2D eigenvalue weighted by Crippen LogP contribution is 2.85. The number of rotatable bonds is 1. The molecule has 3 heterocycles. The summed E-state index contributed by atoms with van der Waals surface area (Å²) in [6.45, 7) is 2.03. The van der Waals surface area contributed by atoms with Crippen LogP contribution in [0.25, 0.3) is 5.69 Å². The molecule has 0 radical (unpaired) electrons. The van der Waals surface area contributed by atoms with Gasteiger partial charge in [-0.1, -0.05) is 37.3 Å². The zero-order valence-corrected chi connectivity index (χ0v) is 13.8. The number of ketones is 1. The van der Waals surface area contributed by atoms with E-state index in [1.165, 1.54) is 4.57 Å². The maximum Gasteiger partial charge on any atom is 0.352 e. The number of aromatic nitrogens is 3. The second kappa shape index (κ2) is 3.79. The lowest BCUT2D eigenvalue weighted by atomic mass is 9.82. The van der Waals surface area contributed by atoms with Gasteiger partial charge in [0.1, 0.15) is 5.78 Å². The standard InChI is InChI=1S/C19H17N3O3/c1-18-14(23)9-10-19(18)13-8-7-12(15(18)19)21-16(24)20(17(25)22(13)21)11-5-3-2-4-6-11/h2-8,12-13,15H,9-10H2,1H3/t12?,13?,15-,18-,19?/m0/s1. The maximum absolute atomic E-state index is 13.1. The fraction of sp³-hybridized carbons (Fsp3) is 0.421. The summed E-state index contributed by atoms with van der Waals surface area (Å²) in [5.41, 5.74) is -0.608. The van der Waals surface area contributed by atoms with Crippen LogP contribution in [0.15, 0.2) is 52.1 Å². The van der Waals surface area contributed by atoms with E-state index in [-0.39, 0.29) is 34.8 Å². The summed E-state index contributed by atoms with van der Waals surface area (Å²) in [6, 6.07) is 8.63. The van der Waals surface area contributed by atoms with Crippen molar-refractivity contribution in [1.82, 2.24) is 13.9 Å². The number of nitrogens with zero attached hydrogens (tertiary/aromatic N) is 3. The molecule has 0 saturated heterocycles. The quantitative estimate of drug-likeness (QED) is 0.741. The van der Waals surface area contributed by atoms with E-state index < -0.39 is 5.41 Å². The van der Waals surface area contributed by atoms with Gasteiger partial charge in [0.05, 0.1) is 17.8 Å². The monoisotopic (exact) mass is 335 g/mol. The largest absolute Gasteiger partial charge is 0.352 e. The first-order chi connectivity index (χ1) is 12.0. The van der Waals surface area contributed by atoms with Crippen molar-refractivity contribution >= 4 is 5.78 Å². The molecular weight excluding hydrogens is 318 g/mol. The molecule has 1 aromatic heterocycles.